The summed E-state index contributed by atoms with van der Waals surface area (Å²) < 4.78 is 5.55. The summed E-state index contributed by atoms with van der Waals surface area (Å²) in [5.74, 6) is 5.87. The van der Waals surface area contributed by atoms with Gasteiger partial charge in [0.05, 0.1) is 5.60 Å². The molecule has 0 spiro atoms. The highest BCUT2D eigenvalue weighted by Crippen LogP contribution is 2.16. The van der Waals surface area contributed by atoms with Gasteiger partial charge in [0.1, 0.15) is 0 Å². The van der Waals surface area contributed by atoms with Gasteiger partial charge in [0, 0.05) is 19.1 Å². The van der Waals surface area contributed by atoms with E-state index >= 15 is 0 Å². The predicted octanol–water partition coefficient (Wildman–Crippen LogP) is 1.93. The van der Waals surface area contributed by atoms with Gasteiger partial charge in [-0.3, -0.25) is 0 Å². The van der Waals surface area contributed by atoms with E-state index in [-0.39, 0.29) is 11.6 Å². The Balaban J connectivity index is 3.90. The predicted molar refractivity (Wildman–Crippen MR) is 56.4 cm³/mol. The van der Waals surface area contributed by atoms with Crippen molar-refractivity contribution in [2.45, 2.75) is 52.2 Å². The molecule has 0 saturated heterocycles. The number of rotatable bonds is 5. The Morgan fingerprint density at radius 3 is 2.54 bits per heavy atom. The molecule has 0 bridgehead atoms. The highest BCUT2D eigenvalue weighted by atomic mass is 16.5. The van der Waals surface area contributed by atoms with Crippen LogP contribution in [0.2, 0.25) is 0 Å². The third-order valence-electron chi connectivity index (χ3n) is 2.17. The molecule has 2 N–H and O–H groups in total. The Kier molecular flexibility index (Phi) is 5.77. The lowest BCUT2D eigenvalue weighted by atomic mass is 9.95. The Bertz CT molecular complexity index is 188. The summed E-state index contributed by atoms with van der Waals surface area (Å²) in [5, 5.41) is 0. The van der Waals surface area contributed by atoms with Crippen molar-refractivity contribution in [2.75, 3.05) is 6.61 Å². The van der Waals surface area contributed by atoms with Gasteiger partial charge < -0.3 is 10.5 Å². The summed E-state index contributed by atoms with van der Waals surface area (Å²) in [5.41, 5.74) is 5.75. The first-order valence-corrected chi connectivity index (χ1v) is 4.83. The van der Waals surface area contributed by atoms with Crippen LogP contribution < -0.4 is 5.73 Å². The maximum Gasteiger partial charge on any atom is 0.0776 e. The first-order valence-electron chi connectivity index (χ1n) is 4.83. The van der Waals surface area contributed by atoms with Crippen LogP contribution in [-0.4, -0.2) is 18.2 Å². The first kappa shape index (κ1) is 12.5. The zero-order chi connectivity index (χ0) is 10.3. The molecule has 13 heavy (non-hydrogen) atoms. The summed E-state index contributed by atoms with van der Waals surface area (Å²) in [6.07, 6.45) is 1.75. The summed E-state index contributed by atoms with van der Waals surface area (Å²) >= 11 is 0. The molecule has 0 saturated carbocycles. The van der Waals surface area contributed by atoms with E-state index in [1.54, 1.807) is 0 Å². The van der Waals surface area contributed by atoms with Crippen LogP contribution >= 0.6 is 0 Å². The fourth-order valence-corrected chi connectivity index (χ4v) is 1.18. The van der Waals surface area contributed by atoms with Crippen molar-refractivity contribution in [1.82, 2.24) is 0 Å². The third kappa shape index (κ3) is 4.92. The zero-order valence-corrected chi connectivity index (χ0v) is 9.18. The lowest BCUT2D eigenvalue weighted by Gasteiger charge is -2.31. The zero-order valence-electron chi connectivity index (χ0n) is 9.18. The van der Waals surface area contributed by atoms with Crippen LogP contribution in [0.3, 0.4) is 0 Å². The highest BCUT2D eigenvalue weighted by molar-refractivity contribution is 4.97. The summed E-state index contributed by atoms with van der Waals surface area (Å²) in [4.78, 5) is 0. The Labute approximate surface area is 81.8 Å². The minimum absolute atomic E-state index is 0.0632. The number of hydrogen-bond donors (Lipinski definition) is 1. The van der Waals surface area contributed by atoms with Gasteiger partial charge >= 0.3 is 0 Å². The van der Waals surface area contributed by atoms with Crippen LogP contribution in [0.4, 0.5) is 0 Å². The Morgan fingerprint density at radius 1 is 1.46 bits per heavy atom. The minimum atomic E-state index is -0.232. The molecule has 0 fully saturated rings. The second kappa shape index (κ2) is 6.01. The van der Waals surface area contributed by atoms with Gasteiger partial charge in [-0.2, -0.15) is 0 Å². The fourth-order valence-electron chi connectivity index (χ4n) is 1.18. The van der Waals surface area contributed by atoms with E-state index in [4.69, 9.17) is 10.5 Å². The average molecular weight is 183 g/mol. The molecule has 2 nitrogen and oxygen atoms in total. The maximum atomic E-state index is 5.99. The average Bonchev–Trinajstić information content (AvgIpc) is 2.04. The lowest BCUT2D eigenvalue weighted by Crippen LogP contribution is -2.45. The molecule has 2 heteroatoms. The van der Waals surface area contributed by atoms with E-state index in [0.717, 1.165) is 12.8 Å². The topological polar surface area (TPSA) is 35.2 Å². The van der Waals surface area contributed by atoms with E-state index < -0.39 is 0 Å². The molecule has 0 amide bonds. The summed E-state index contributed by atoms with van der Waals surface area (Å²) in [7, 11) is 0. The quantitative estimate of drug-likeness (QED) is 0.661. The van der Waals surface area contributed by atoms with E-state index in [2.05, 4.69) is 11.8 Å². The molecule has 0 heterocycles. The molecular formula is C11H21NO. The van der Waals surface area contributed by atoms with Gasteiger partial charge in [0.2, 0.25) is 0 Å². The van der Waals surface area contributed by atoms with Crippen LogP contribution in [0.15, 0.2) is 0 Å². The number of ether oxygens (including phenoxy) is 1. The van der Waals surface area contributed by atoms with Crippen LogP contribution in [0, 0.1) is 11.8 Å². The maximum absolute atomic E-state index is 5.99. The van der Waals surface area contributed by atoms with Crippen LogP contribution in [0.5, 0.6) is 0 Å². The molecule has 0 radical (unpaired) electrons. The van der Waals surface area contributed by atoms with Crippen molar-refractivity contribution in [3.63, 3.8) is 0 Å². The van der Waals surface area contributed by atoms with E-state index in [9.17, 15) is 0 Å². The molecule has 0 aromatic carbocycles. The highest BCUT2D eigenvalue weighted by Gasteiger charge is 2.25. The molecular weight excluding hydrogens is 162 g/mol. The molecule has 0 aliphatic heterocycles. The monoisotopic (exact) mass is 183 g/mol. The number of nitrogens with two attached hydrogens (primary N) is 1. The molecule has 1 atom stereocenters. The standard InChI is InChI=1S/C11H21NO/c1-5-7-8-9-10(12)11(3,4)13-6-2/h10H,6,8-9,12H2,1-4H3. The normalized spacial score (nSPS) is 13.3. The van der Waals surface area contributed by atoms with Crippen molar-refractivity contribution in [1.29, 1.82) is 0 Å². The van der Waals surface area contributed by atoms with Gasteiger partial charge in [0.15, 0.2) is 0 Å². The second-order valence-corrected chi connectivity index (χ2v) is 3.61. The van der Waals surface area contributed by atoms with Crippen molar-refractivity contribution in [2.24, 2.45) is 5.73 Å². The van der Waals surface area contributed by atoms with Gasteiger partial charge in [-0.15, -0.1) is 11.8 Å². The van der Waals surface area contributed by atoms with Gasteiger partial charge in [-0.05, 0) is 34.1 Å². The first-order chi connectivity index (χ1) is 6.04. The molecule has 0 rings (SSSR count). The smallest absolute Gasteiger partial charge is 0.0776 e. The second-order valence-electron chi connectivity index (χ2n) is 3.61. The summed E-state index contributed by atoms with van der Waals surface area (Å²) in [6, 6.07) is 0.0632. The Hall–Kier alpha value is -0.520. The molecule has 0 aromatic rings. The Morgan fingerprint density at radius 2 is 2.08 bits per heavy atom. The van der Waals surface area contributed by atoms with Crippen LogP contribution in [0.1, 0.15) is 40.5 Å². The molecule has 0 aliphatic carbocycles. The van der Waals surface area contributed by atoms with Gasteiger partial charge in [-0.25, -0.2) is 0 Å². The van der Waals surface area contributed by atoms with Gasteiger partial charge in [-0.1, -0.05) is 0 Å². The van der Waals surface area contributed by atoms with Crippen LogP contribution in [-0.2, 0) is 4.74 Å². The SMILES string of the molecule is CC#CCCC(N)C(C)(C)OCC. The van der Waals surface area contributed by atoms with Crippen molar-refractivity contribution < 1.29 is 4.74 Å². The third-order valence-corrected chi connectivity index (χ3v) is 2.17. The van der Waals surface area contributed by atoms with Crippen molar-refractivity contribution >= 4 is 0 Å². The van der Waals surface area contributed by atoms with E-state index in [0.29, 0.717) is 6.61 Å². The largest absolute Gasteiger partial charge is 0.374 e. The molecule has 1 unspecified atom stereocenters. The van der Waals surface area contributed by atoms with Crippen molar-refractivity contribution in [3.05, 3.63) is 0 Å². The lowest BCUT2D eigenvalue weighted by molar-refractivity contribution is -0.0303. The summed E-state index contributed by atoms with van der Waals surface area (Å²) in [6.45, 7) is 8.60. The van der Waals surface area contributed by atoms with Gasteiger partial charge in [0.25, 0.3) is 0 Å². The minimum Gasteiger partial charge on any atom is -0.374 e. The molecule has 76 valence electrons. The van der Waals surface area contributed by atoms with E-state index in [1.807, 2.05) is 27.7 Å². The van der Waals surface area contributed by atoms with Crippen LogP contribution in [0.25, 0.3) is 0 Å². The molecule has 0 aromatic heterocycles. The molecule has 0 aliphatic rings. The van der Waals surface area contributed by atoms with Crippen molar-refractivity contribution in [3.8, 4) is 11.8 Å². The van der Waals surface area contributed by atoms with E-state index in [1.165, 1.54) is 0 Å². The number of hydrogen-bond acceptors (Lipinski definition) is 2. The fraction of sp³-hybridized carbons (Fsp3) is 0.818.